The molecule has 0 saturated heterocycles. The Kier molecular flexibility index (Phi) is 10.2. The SMILES string of the molecule is CC(C)(C)C(=O)/C=C(\O)C(C)(C)C.Cc1cc2ccc3c(-c4[c-]ccc(C(C)(C)C)c4)ncnc3c2c(C)n1.[Ir]. The number of pyridine rings is 1. The molecule has 0 aliphatic heterocycles. The number of rotatable bonds is 2. The molecule has 1 radical (unpaired) electrons. The second-order valence-electron chi connectivity index (χ2n) is 13.3. The number of hydrogen-bond acceptors (Lipinski definition) is 5. The average molecular weight is 717 g/mol. The zero-order chi connectivity index (χ0) is 29.3. The van der Waals surface area contributed by atoms with E-state index in [1.807, 2.05) is 61.5 Å². The third-order valence-electron chi connectivity index (χ3n) is 6.61. The van der Waals surface area contributed by atoms with Gasteiger partial charge in [-0.25, -0.2) is 4.98 Å². The summed E-state index contributed by atoms with van der Waals surface area (Å²) in [6, 6.07) is 16.0. The van der Waals surface area contributed by atoms with Gasteiger partial charge in [-0.1, -0.05) is 74.4 Å². The Balaban J connectivity index is 0.000000344. The van der Waals surface area contributed by atoms with E-state index in [2.05, 4.69) is 72.1 Å². The summed E-state index contributed by atoms with van der Waals surface area (Å²) >= 11 is 0. The molecule has 0 fully saturated rings. The number of hydrogen-bond donors (Lipinski definition) is 1. The van der Waals surface area contributed by atoms with E-state index in [1.54, 1.807) is 6.33 Å². The molecule has 0 amide bonds. The summed E-state index contributed by atoms with van der Waals surface area (Å²) in [5, 5.41) is 12.9. The molecular formula is C34H42IrN3O2-. The molecule has 1 N–H and O–H groups in total. The third-order valence-corrected chi connectivity index (χ3v) is 6.61. The van der Waals surface area contributed by atoms with Crippen LogP contribution in [0.1, 0.15) is 79.3 Å². The van der Waals surface area contributed by atoms with Gasteiger partial charge in [-0.05, 0) is 41.8 Å². The van der Waals surface area contributed by atoms with Gasteiger partial charge < -0.3 is 5.11 Å². The van der Waals surface area contributed by atoms with Crippen LogP contribution in [-0.4, -0.2) is 25.8 Å². The summed E-state index contributed by atoms with van der Waals surface area (Å²) < 4.78 is 0. The molecule has 40 heavy (non-hydrogen) atoms. The van der Waals surface area contributed by atoms with Crippen LogP contribution in [0.4, 0.5) is 0 Å². The minimum Gasteiger partial charge on any atom is -0.512 e. The van der Waals surface area contributed by atoms with Crippen molar-refractivity contribution in [1.82, 2.24) is 15.0 Å². The van der Waals surface area contributed by atoms with Gasteiger partial charge in [-0.15, -0.1) is 35.4 Å². The largest absolute Gasteiger partial charge is 0.512 e. The van der Waals surface area contributed by atoms with Crippen LogP contribution in [0.25, 0.3) is 32.9 Å². The van der Waals surface area contributed by atoms with Crippen LogP contribution < -0.4 is 0 Å². The second kappa shape index (κ2) is 12.3. The molecule has 0 saturated carbocycles. The number of ketones is 1. The number of aliphatic hydroxyl groups excluding tert-OH is 1. The number of aliphatic hydroxyl groups is 1. The van der Waals surface area contributed by atoms with E-state index in [0.29, 0.717) is 0 Å². The molecule has 215 valence electrons. The molecule has 0 unspecified atom stereocenters. The van der Waals surface area contributed by atoms with E-state index in [0.717, 1.165) is 38.9 Å². The molecule has 0 bridgehead atoms. The number of aromatic nitrogens is 3. The van der Waals surface area contributed by atoms with Crippen LogP contribution in [0.5, 0.6) is 0 Å². The van der Waals surface area contributed by atoms with Crippen LogP contribution in [0.2, 0.25) is 0 Å². The number of nitrogens with zero attached hydrogens (tertiary/aromatic N) is 3. The van der Waals surface area contributed by atoms with Crippen LogP contribution in [-0.2, 0) is 30.3 Å². The van der Waals surface area contributed by atoms with E-state index in [4.69, 9.17) is 0 Å². The van der Waals surface area contributed by atoms with E-state index < -0.39 is 5.41 Å². The minimum absolute atomic E-state index is 0. The van der Waals surface area contributed by atoms with Crippen LogP contribution >= 0.6 is 0 Å². The second-order valence-corrected chi connectivity index (χ2v) is 13.3. The maximum atomic E-state index is 11.5. The standard InChI is InChI=1S/C23H22N3.C11H20O2.Ir/c1-14-11-16-9-10-19-21(17-7-6-8-18(12-17)23(3,4)5)24-13-25-22(19)20(16)15(2)26-14;1-10(2,3)8(12)7-9(13)11(4,5)6;/h6,8-13H,1-5H3;7,12H,1-6H3;/q-1;;/b;8-7-;. The molecule has 4 rings (SSSR count). The predicted octanol–water partition coefficient (Wildman–Crippen LogP) is 8.65. The summed E-state index contributed by atoms with van der Waals surface area (Å²) in [6.07, 6.45) is 2.98. The predicted molar refractivity (Wildman–Crippen MR) is 162 cm³/mol. The van der Waals surface area contributed by atoms with Gasteiger partial charge in [-0.2, -0.15) is 0 Å². The minimum atomic E-state index is -0.417. The summed E-state index contributed by atoms with van der Waals surface area (Å²) in [5.74, 6) is 0.104. The van der Waals surface area contributed by atoms with Crippen molar-refractivity contribution in [1.29, 1.82) is 0 Å². The first-order valence-corrected chi connectivity index (χ1v) is 13.4. The molecule has 6 heteroatoms. The molecule has 2 aromatic carbocycles. The Labute approximate surface area is 252 Å². The van der Waals surface area contributed by atoms with Crippen molar-refractivity contribution in [3.63, 3.8) is 0 Å². The fourth-order valence-corrected chi connectivity index (χ4v) is 4.07. The molecule has 2 aromatic heterocycles. The van der Waals surface area contributed by atoms with Gasteiger partial charge in [0.1, 0.15) is 12.1 Å². The Morgan fingerprint density at radius 2 is 1.55 bits per heavy atom. The van der Waals surface area contributed by atoms with Gasteiger partial charge in [0.15, 0.2) is 5.78 Å². The average Bonchev–Trinajstić information content (AvgIpc) is 2.81. The van der Waals surface area contributed by atoms with E-state index in [-0.39, 0.29) is 42.5 Å². The van der Waals surface area contributed by atoms with Gasteiger partial charge in [0, 0.05) is 53.8 Å². The van der Waals surface area contributed by atoms with E-state index >= 15 is 0 Å². The number of allylic oxidation sites excluding steroid dienone is 2. The first-order valence-electron chi connectivity index (χ1n) is 13.4. The molecule has 0 aliphatic rings. The molecule has 0 aliphatic carbocycles. The van der Waals surface area contributed by atoms with Crippen molar-refractivity contribution in [3.05, 3.63) is 77.6 Å². The third kappa shape index (κ3) is 7.83. The summed E-state index contributed by atoms with van der Waals surface area (Å²) in [6.45, 7) is 21.8. The van der Waals surface area contributed by atoms with Crippen molar-refractivity contribution < 1.29 is 30.0 Å². The molecule has 0 spiro atoms. The van der Waals surface area contributed by atoms with Crippen LogP contribution in [0.15, 0.2) is 54.6 Å². The Bertz CT molecular complexity index is 1550. The van der Waals surface area contributed by atoms with Gasteiger partial charge in [0.2, 0.25) is 0 Å². The number of carbonyl (C=O) groups excluding carboxylic acids is 1. The summed E-state index contributed by atoms with van der Waals surface area (Å²) in [4.78, 5) is 25.3. The first-order chi connectivity index (χ1) is 17.9. The molecule has 2 heterocycles. The van der Waals surface area contributed by atoms with Crippen molar-refractivity contribution in [2.24, 2.45) is 10.8 Å². The molecule has 5 nitrogen and oxygen atoms in total. The molecule has 0 atom stereocenters. The quantitative estimate of drug-likeness (QED) is 0.0973. The van der Waals surface area contributed by atoms with E-state index in [9.17, 15) is 9.90 Å². The zero-order valence-electron chi connectivity index (χ0n) is 25.6. The van der Waals surface area contributed by atoms with Crippen LogP contribution in [0, 0.1) is 30.7 Å². The normalized spacial score (nSPS) is 12.5. The van der Waals surface area contributed by atoms with Crippen molar-refractivity contribution in [3.8, 4) is 11.3 Å². The van der Waals surface area contributed by atoms with Crippen molar-refractivity contribution >= 4 is 27.5 Å². The van der Waals surface area contributed by atoms with Crippen molar-refractivity contribution in [2.75, 3.05) is 0 Å². The first kappa shape index (κ1) is 33.3. The summed E-state index contributed by atoms with van der Waals surface area (Å²) in [7, 11) is 0. The number of aryl methyl sites for hydroxylation is 2. The topological polar surface area (TPSA) is 76.0 Å². The monoisotopic (exact) mass is 717 g/mol. The fourth-order valence-electron chi connectivity index (χ4n) is 4.07. The van der Waals surface area contributed by atoms with Gasteiger partial charge in [0.25, 0.3) is 0 Å². The van der Waals surface area contributed by atoms with E-state index in [1.165, 1.54) is 17.0 Å². The number of carbonyl (C=O) groups is 1. The fraction of sp³-hybridized carbons (Fsp3) is 0.412. The van der Waals surface area contributed by atoms with Crippen molar-refractivity contribution in [2.45, 2.75) is 81.6 Å². The Hall–Kier alpha value is -2.95. The zero-order valence-corrected chi connectivity index (χ0v) is 28.0. The Morgan fingerprint density at radius 1 is 0.900 bits per heavy atom. The number of fused-ring (bicyclic) bond motifs is 3. The van der Waals surface area contributed by atoms with Crippen LogP contribution in [0.3, 0.4) is 0 Å². The van der Waals surface area contributed by atoms with Gasteiger partial charge in [0.05, 0.1) is 5.52 Å². The maximum Gasteiger partial charge on any atom is 0.164 e. The van der Waals surface area contributed by atoms with Gasteiger partial charge >= 0.3 is 0 Å². The summed E-state index contributed by atoms with van der Waals surface area (Å²) in [5.41, 5.74) is 5.49. The maximum absolute atomic E-state index is 11.5. The number of benzene rings is 2. The Morgan fingerprint density at radius 3 is 2.12 bits per heavy atom. The molecular weight excluding hydrogens is 675 g/mol. The van der Waals surface area contributed by atoms with Gasteiger partial charge in [-0.3, -0.25) is 14.8 Å². The molecule has 4 aromatic rings. The smallest absolute Gasteiger partial charge is 0.164 e.